The number of carboxylic acids is 1. The molecule has 0 spiro atoms. The second kappa shape index (κ2) is 7.92. The van der Waals surface area contributed by atoms with Crippen molar-refractivity contribution in [2.45, 2.75) is 32.2 Å². The summed E-state index contributed by atoms with van der Waals surface area (Å²) in [5.74, 6) is -1.54. The number of hydrogen-bond donors (Lipinski definition) is 1. The third-order valence-corrected chi connectivity index (χ3v) is 4.62. The van der Waals surface area contributed by atoms with Gasteiger partial charge in [-0.25, -0.2) is 4.79 Å². The molecule has 1 N–H and O–H groups in total. The second-order valence-corrected chi connectivity index (χ2v) is 6.51. The molecule has 3 rings (SSSR count). The second-order valence-electron chi connectivity index (χ2n) is 6.51. The zero-order chi connectivity index (χ0) is 20.3. The highest BCUT2D eigenvalue weighted by molar-refractivity contribution is 5.88. The molecule has 5 nitrogen and oxygen atoms in total. The first-order chi connectivity index (χ1) is 13.2. The summed E-state index contributed by atoms with van der Waals surface area (Å²) in [4.78, 5) is 25.3. The number of nitrogens with zero attached hydrogens (tertiary/aromatic N) is 1. The summed E-state index contributed by atoms with van der Waals surface area (Å²) in [5, 5.41) is 9.11. The Labute approximate surface area is 159 Å². The lowest BCUT2D eigenvalue weighted by Gasteiger charge is -2.29. The molecule has 2 aromatic carbocycles. The zero-order valence-electron chi connectivity index (χ0n) is 14.8. The fourth-order valence-electron chi connectivity index (χ4n) is 3.24. The lowest BCUT2D eigenvalue weighted by molar-refractivity contribution is -0.274. The van der Waals surface area contributed by atoms with Crippen LogP contribution in [-0.2, 0) is 24.2 Å². The fraction of sp³-hybridized carbons (Fsp3) is 0.300. The summed E-state index contributed by atoms with van der Waals surface area (Å²) in [5.41, 5.74) is 2.24. The quantitative estimate of drug-likeness (QED) is 0.839. The Balaban J connectivity index is 1.65. The Morgan fingerprint density at radius 2 is 1.86 bits per heavy atom. The molecule has 0 unspecified atom stereocenters. The summed E-state index contributed by atoms with van der Waals surface area (Å²) >= 11 is 0. The Morgan fingerprint density at radius 1 is 1.11 bits per heavy atom. The molecule has 0 atom stereocenters. The number of halogens is 3. The van der Waals surface area contributed by atoms with Crippen molar-refractivity contribution in [3.8, 4) is 5.75 Å². The van der Waals surface area contributed by atoms with Gasteiger partial charge in [0.2, 0.25) is 5.91 Å². The topological polar surface area (TPSA) is 66.8 Å². The average molecular weight is 393 g/mol. The molecule has 2 aromatic rings. The highest BCUT2D eigenvalue weighted by Crippen LogP contribution is 2.27. The number of aryl methyl sites for hydroxylation is 1. The molecule has 0 saturated carbocycles. The average Bonchev–Trinajstić information content (AvgIpc) is 2.65. The highest BCUT2D eigenvalue weighted by Gasteiger charge is 2.32. The zero-order valence-corrected chi connectivity index (χ0v) is 14.8. The van der Waals surface area contributed by atoms with Crippen LogP contribution in [0.1, 0.15) is 33.5 Å². The molecule has 0 bridgehead atoms. The third kappa shape index (κ3) is 4.82. The predicted molar refractivity (Wildman–Crippen MR) is 94.0 cm³/mol. The van der Waals surface area contributed by atoms with Crippen molar-refractivity contribution < 1.29 is 32.6 Å². The number of hydrogen-bond acceptors (Lipinski definition) is 3. The number of carbonyl (C=O) groups is 2. The maximum Gasteiger partial charge on any atom is 0.573 e. The van der Waals surface area contributed by atoms with Gasteiger partial charge in [0, 0.05) is 19.5 Å². The molecule has 1 heterocycles. The molecular weight excluding hydrogens is 375 g/mol. The molecular formula is C20H18F3NO4. The first-order valence-electron chi connectivity index (χ1n) is 8.69. The van der Waals surface area contributed by atoms with E-state index >= 15 is 0 Å². The molecule has 28 heavy (non-hydrogen) atoms. The molecule has 1 aliphatic heterocycles. The number of benzene rings is 2. The molecule has 1 amide bonds. The number of amides is 1. The van der Waals surface area contributed by atoms with Crippen LogP contribution in [0, 0.1) is 0 Å². The largest absolute Gasteiger partial charge is 0.573 e. The number of aromatic carboxylic acids is 1. The number of ether oxygens (including phenoxy) is 1. The van der Waals surface area contributed by atoms with E-state index < -0.39 is 12.3 Å². The van der Waals surface area contributed by atoms with Crippen LogP contribution in [-0.4, -0.2) is 34.8 Å². The van der Waals surface area contributed by atoms with Gasteiger partial charge in [-0.2, -0.15) is 0 Å². The number of carboxylic acid groups (broad SMARTS) is 1. The first-order valence-corrected chi connectivity index (χ1v) is 8.69. The molecule has 0 fully saturated rings. The SMILES string of the molecule is O=C(O)c1ccc2c(c1)CN(C(=O)CCc1ccccc1OC(F)(F)F)CC2. The van der Waals surface area contributed by atoms with E-state index in [1.165, 1.54) is 24.3 Å². The number of para-hydroxylation sites is 1. The molecule has 148 valence electrons. The van der Waals surface area contributed by atoms with Gasteiger partial charge in [-0.05, 0) is 47.7 Å². The molecule has 0 radical (unpaired) electrons. The lowest BCUT2D eigenvalue weighted by Crippen LogP contribution is -2.36. The van der Waals surface area contributed by atoms with E-state index in [4.69, 9.17) is 5.11 Å². The van der Waals surface area contributed by atoms with Gasteiger partial charge in [0.25, 0.3) is 0 Å². The summed E-state index contributed by atoms with van der Waals surface area (Å²) in [7, 11) is 0. The number of carbonyl (C=O) groups excluding carboxylic acids is 1. The van der Waals surface area contributed by atoms with Gasteiger partial charge in [0.1, 0.15) is 5.75 Å². The van der Waals surface area contributed by atoms with Crippen LogP contribution in [0.25, 0.3) is 0 Å². The number of alkyl halides is 3. The lowest BCUT2D eigenvalue weighted by atomic mass is 9.97. The molecule has 1 aliphatic rings. The Bertz CT molecular complexity index is 895. The van der Waals surface area contributed by atoms with Crippen LogP contribution in [0.4, 0.5) is 13.2 Å². The van der Waals surface area contributed by atoms with E-state index in [2.05, 4.69) is 4.74 Å². The predicted octanol–water partition coefficient (Wildman–Crippen LogP) is 3.80. The van der Waals surface area contributed by atoms with Gasteiger partial charge in [-0.15, -0.1) is 13.2 Å². The van der Waals surface area contributed by atoms with Gasteiger partial charge >= 0.3 is 12.3 Å². The van der Waals surface area contributed by atoms with Crippen molar-refractivity contribution in [1.82, 2.24) is 4.90 Å². The van der Waals surface area contributed by atoms with Crippen LogP contribution < -0.4 is 4.74 Å². The van der Waals surface area contributed by atoms with E-state index in [0.29, 0.717) is 18.5 Å². The maximum atomic E-state index is 12.5. The molecule has 0 aliphatic carbocycles. The van der Waals surface area contributed by atoms with E-state index in [1.54, 1.807) is 23.1 Å². The Hall–Kier alpha value is -3.03. The van der Waals surface area contributed by atoms with Crippen molar-refractivity contribution >= 4 is 11.9 Å². The Morgan fingerprint density at radius 3 is 2.57 bits per heavy atom. The minimum Gasteiger partial charge on any atom is -0.478 e. The minimum absolute atomic E-state index is 0.0339. The molecule has 8 heteroatoms. The van der Waals surface area contributed by atoms with Crippen LogP contribution in [0.2, 0.25) is 0 Å². The number of fused-ring (bicyclic) bond motifs is 1. The van der Waals surface area contributed by atoms with Crippen LogP contribution in [0.3, 0.4) is 0 Å². The fourth-order valence-corrected chi connectivity index (χ4v) is 3.24. The van der Waals surface area contributed by atoms with Crippen molar-refractivity contribution in [1.29, 1.82) is 0 Å². The maximum absolute atomic E-state index is 12.5. The van der Waals surface area contributed by atoms with Crippen molar-refractivity contribution in [3.05, 3.63) is 64.7 Å². The first kappa shape index (κ1) is 19.7. The van der Waals surface area contributed by atoms with Gasteiger partial charge < -0.3 is 14.7 Å². The van der Waals surface area contributed by atoms with Gasteiger partial charge in [0.05, 0.1) is 5.56 Å². The van der Waals surface area contributed by atoms with E-state index in [0.717, 1.165) is 11.1 Å². The number of rotatable bonds is 5. The Kier molecular flexibility index (Phi) is 5.58. The normalized spacial score (nSPS) is 13.8. The van der Waals surface area contributed by atoms with E-state index in [1.807, 2.05) is 0 Å². The van der Waals surface area contributed by atoms with Gasteiger partial charge in [-0.3, -0.25) is 4.79 Å². The standard InChI is InChI=1S/C20H18F3NO4/c21-20(22,23)28-17-4-2-1-3-14(17)7-8-18(25)24-10-9-13-5-6-15(19(26)27)11-16(13)12-24/h1-6,11H,7-10,12H2,(H,26,27). The van der Waals surface area contributed by atoms with E-state index in [-0.39, 0.29) is 36.6 Å². The highest BCUT2D eigenvalue weighted by atomic mass is 19.4. The van der Waals surface area contributed by atoms with Crippen molar-refractivity contribution in [2.24, 2.45) is 0 Å². The van der Waals surface area contributed by atoms with Gasteiger partial charge in [0.15, 0.2) is 0 Å². The van der Waals surface area contributed by atoms with Crippen molar-refractivity contribution in [3.63, 3.8) is 0 Å². The van der Waals surface area contributed by atoms with E-state index in [9.17, 15) is 22.8 Å². The van der Waals surface area contributed by atoms with Gasteiger partial charge in [-0.1, -0.05) is 24.3 Å². The minimum atomic E-state index is -4.79. The van der Waals surface area contributed by atoms with Crippen molar-refractivity contribution in [2.75, 3.05) is 6.54 Å². The molecule has 0 saturated heterocycles. The van der Waals surface area contributed by atoms with Crippen LogP contribution in [0.5, 0.6) is 5.75 Å². The van der Waals surface area contributed by atoms with Crippen LogP contribution in [0.15, 0.2) is 42.5 Å². The summed E-state index contributed by atoms with van der Waals surface area (Å²) < 4.78 is 41.5. The summed E-state index contributed by atoms with van der Waals surface area (Å²) in [6, 6.07) is 10.6. The molecule has 0 aromatic heterocycles. The summed E-state index contributed by atoms with van der Waals surface area (Å²) in [6.07, 6.45) is -4.04. The van der Waals surface area contributed by atoms with Crippen LogP contribution >= 0.6 is 0 Å². The monoisotopic (exact) mass is 393 g/mol. The smallest absolute Gasteiger partial charge is 0.478 e. The third-order valence-electron chi connectivity index (χ3n) is 4.62. The summed E-state index contributed by atoms with van der Waals surface area (Å²) in [6.45, 7) is 0.773.